The van der Waals surface area contributed by atoms with Crippen molar-refractivity contribution >= 4 is 109 Å². The Bertz CT molecular complexity index is 7590. The molecule has 4 heterocycles. The molecular weight excluding hydrogens is 1310 g/mol. The van der Waals surface area contributed by atoms with Crippen LogP contribution in [0.25, 0.3) is 232 Å². The number of fused-ring (bicyclic) bond motifs is 18. The highest BCUT2D eigenvalue weighted by molar-refractivity contribution is 6.22. The average molecular weight is 1370 g/mol. The number of para-hydroxylation sites is 4. The lowest BCUT2D eigenvalue weighted by Gasteiger charge is -2.14. The van der Waals surface area contributed by atoms with Gasteiger partial charge in [-0.05, 0) is 243 Å². The molecule has 24 rings (SSSR count). The topological polar surface area (TPSA) is 19.7 Å². The smallest absolute Gasteiger partial charge is 0.0547 e. The lowest BCUT2D eigenvalue weighted by Crippen LogP contribution is -1.95. The van der Waals surface area contributed by atoms with Crippen LogP contribution in [0.1, 0.15) is 0 Å². The predicted octanol–water partition coefficient (Wildman–Crippen LogP) is 28.0. The van der Waals surface area contributed by atoms with Gasteiger partial charge in [-0.1, -0.05) is 255 Å². The van der Waals surface area contributed by atoms with Crippen molar-refractivity contribution in [1.29, 1.82) is 0 Å². The Balaban J connectivity index is 0.631. The van der Waals surface area contributed by atoms with E-state index >= 15 is 0 Å². The first-order valence-electron chi connectivity index (χ1n) is 37.4. The summed E-state index contributed by atoms with van der Waals surface area (Å²) in [4.78, 5) is 0. The van der Waals surface area contributed by atoms with Gasteiger partial charge in [0.05, 0.1) is 44.1 Å². The molecule has 2 aliphatic carbocycles. The molecule has 0 spiro atoms. The maximum Gasteiger partial charge on any atom is 0.0547 e. The monoisotopic (exact) mass is 1370 g/mol. The lowest BCUT2D eigenvalue weighted by atomic mass is 9.94. The van der Waals surface area contributed by atoms with E-state index in [1.807, 2.05) is 0 Å². The number of nitrogens with zero attached hydrogens (tertiary/aromatic N) is 4. The highest BCUT2D eigenvalue weighted by Crippen LogP contribution is 2.52. The molecule has 498 valence electrons. The molecule has 0 unspecified atom stereocenters. The molecule has 0 radical (unpaired) electrons. The van der Waals surface area contributed by atoms with Crippen LogP contribution in [0.2, 0.25) is 0 Å². The molecule has 0 bridgehead atoms. The summed E-state index contributed by atoms with van der Waals surface area (Å²) >= 11 is 0. The quantitative estimate of drug-likeness (QED) is 0.137. The van der Waals surface area contributed by atoms with Crippen LogP contribution in [-0.4, -0.2) is 18.3 Å². The standard InChI is InChI=1S/C104H62N4/c1-3-19-71(20-4-1)105-95-34-13-11-28-81(95)91-57-64(40-52-97(91)105)67-43-55-100-94(60-67)84-47-39-69(62-102(84)108(100)74-23-15-18-70(56-74)76-49-51-90-80-27-10-8-25-78(80)88-33-17-31-86(76)104(88)90)68-38-46-83-93-59-66(42-54-99(93)107(101(83)61-68)72-21-5-2-6-22-72)65-41-53-98-92(58-65)82-29-12-14-35-96(82)106(98)73-44-36-63(37-45-73)75-48-50-89-79-26-9-7-24-77(79)87-32-16-30-85(75)103(87)89/h1-62H. The second-order valence-corrected chi connectivity index (χ2v) is 29.4. The summed E-state index contributed by atoms with van der Waals surface area (Å²) in [6.07, 6.45) is 0. The van der Waals surface area contributed by atoms with Crippen molar-refractivity contribution in [3.8, 4) is 123 Å². The van der Waals surface area contributed by atoms with Gasteiger partial charge in [0.15, 0.2) is 0 Å². The molecule has 0 saturated heterocycles. The van der Waals surface area contributed by atoms with Crippen molar-refractivity contribution < 1.29 is 0 Å². The SMILES string of the molecule is c1ccc(-n2c3ccccc3c3cc(-c4ccc5c(c4)c4ccc(-c6ccc7c8cc(-c9ccc%10c(c9)c9ccccc9n%10-c9ccc(-c%10ccc%11c%12c(cccc%10%12)-c%10ccccc%10-%11)cc9)ccc8n(-c8ccccc8)c7c6)cc4n5-c4cccc(-c5ccc6c7c(cccc57)-c5ccccc5-6)c4)ccc32)cc1. The zero-order valence-corrected chi connectivity index (χ0v) is 58.6. The highest BCUT2D eigenvalue weighted by atomic mass is 15.0. The Morgan fingerprint density at radius 1 is 0.120 bits per heavy atom. The van der Waals surface area contributed by atoms with Crippen molar-refractivity contribution in [3.05, 3.63) is 376 Å². The normalized spacial score (nSPS) is 12.3. The van der Waals surface area contributed by atoms with Gasteiger partial charge >= 0.3 is 0 Å². The minimum atomic E-state index is 1.11. The number of aromatic nitrogens is 4. The van der Waals surface area contributed by atoms with E-state index in [1.165, 1.54) is 176 Å². The van der Waals surface area contributed by atoms with Gasteiger partial charge < -0.3 is 18.3 Å². The van der Waals surface area contributed by atoms with E-state index in [1.54, 1.807) is 0 Å². The number of benzene rings is 18. The second kappa shape index (κ2) is 22.6. The number of rotatable bonds is 9. The van der Waals surface area contributed by atoms with E-state index in [-0.39, 0.29) is 0 Å². The Hall–Kier alpha value is -14.3. The molecule has 22 aromatic rings. The molecule has 4 nitrogen and oxygen atoms in total. The summed E-state index contributed by atoms with van der Waals surface area (Å²) in [6, 6.07) is 141. The molecule has 18 aromatic carbocycles. The van der Waals surface area contributed by atoms with Gasteiger partial charge in [-0.25, -0.2) is 0 Å². The largest absolute Gasteiger partial charge is 0.309 e. The summed E-state index contributed by atoms with van der Waals surface area (Å²) in [5, 5.41) is 15.0. The molecule has 0 saturated carbocycles. The molecule has 0 aliphatic heterocycles. The summed E-state index contributed by atoms with van der Waals surface area (Å²) < 4.78 is 9.80. The van der Waals surface area contributed by atoms with Gasteiger partial charge in [0, 0.05) is 65.8 Å². The van der Waals surface area contributed by atoms with Crippen LogP contribution in [0, 0.1) is 0 Å². The third-order valence-corrected chi connectivity index (χ3v) is 23.9. The Morgan fingerprint density at radius 2 is 0.407 bits per heavy atom. The van der Waals surface area contributed by atoms with Crippen molar-refractivity contribution in [2.45, 2.75) is 0 Å². The maximum atomic E-state index is 2.51. The van der Waals surface area contributed by atoms with E-state index < -0.39 is 0 Å². The van der Waals surface area contributed by atoms with E-state index in [0.29, 0.717) is 0 Å². The molecule has 2 aliphatic rings. The minimum Gasteiger partial charge on any atom is -0.309 e. The third kappa shape index (κ3) is 8.51. The summed E-state index contributed by atoms with van der Waals surface area (Å²) in [7, 11) is 0. The first-order valence-corrected chi connectivity index (χ1v) is 37.4. The maximum absolute atomic E-state index is 2.51. The van der Waals surface area contributed by atoms with Gasteiger partial charge in [-0.2, -0.15) is 0 Å². The van der Waals surface area contributed by atoms with Crippen LogP contribution in [-0.2, 0) is 0 Å². The van der Waals surface area contributed by atoms with Crippen LogP contribution in [0.5, 0.6) is 0 Å². The van der Waals surface area contributed by atoms with E-state index in [2.05, 4.69) is 394 Å². The van der Waals surface area contributed by atoms with Crippen LogP contribution >= 0.6 is 0 Å². The molecule has 0 amide bonds. The molecule has 4 aromatic heterocycles. The fraction of sp³-hybridized carbons (Fsp3) is 0. The van der Waals surface area contributed by atoms with Crippen LogP contribution in [0.15, 0.2) is 376 Å². The molecule has 108 heavy (non-hydrogen) atoms. The molecular formula is C104H62N4. The van der Waals surface area contributed by atoms with Gasteiger partial charge in [-0.15, -0.1) is 0 Å². The van der Waals surface area contributed by atoms with Crippen molar-refractivity contribution in [2.24, 2.45) is 0 Å². The van der Waals surface area contributed by atoms with Crippen LogP contribution in [0.3, 0.4) is 0 Å². The molecule has 0 atom stereocenters. The fourth-order valence-electron chi connectivity index (χ4n) is 19.1. The number of hydrogen-bond donors (Lipinski definition) is 0. The van der Waals surface area contributed by atoms with Gasteiger partial charge in [0.2, 0.25) is 0 Å². The molecule has 4 heteroatoms. The van der Waals surface area contributed by atoms with Gasteiger partial charge in [-0.3, -0.25) is 0 Å². The summed E-state index contributed by atoms with van der Waals surface area (Å²) in [6.45, 7) is 0. The number of hydrogen-bond acceptors (Lipinski definition) is 0. The highest BCUT2D eigenvalue weighted by Gasteiger charge is 2.27. The zero-order chi connectivity index (χ0) is 70.4. The van der Waals surface area contributed by atoms with E-state index in [4.69, 9.17) is 0 Å². The average Bonchev–Trinajstić information content (AvgIpc) is 1.60. The van der Waals surface area contributed by atoms with Crippen molar-refractivity contribution in [2.75, 3.05) is 0 Å². The second-order valence-electron chi connectivity index (χ2n) is 29.4. The minimum absolute atomic E-state index is 1.11. The molecule has 0 N–H and O–H groups in total. The van der Waals surface area contributed by atoms with Crippen molar-refractivity contribution in [1.82, 2.24) is 18.3 Å². The Labute approximate surface area is 622 Å². The predicted molar refractivity (Wildman–Crippen MR) is 455 cm³/mol. The van der Waals surface area contributed by atoms with E-state index in [9.17, 15) is 0 Å². The lowest BCUT2D eigenvalue weighted by molar-refractivity contribution is 1.18. The third-order valence-electron chi connectivity index (χ3n) is 23.9. The van der Waals surface area contributed by atoms with E-state index in [0.717, 1.165) is 55.9 Å². The summed E-state index contributed by atoms with van der Waals surface area (Å²) in [5.41, 5.74) is 36.3. The first-order chi connectivity index (χ1) is 53.6. The van der Waals surface area contributed by atoms with Crippen molar-refractivity contribution in [3.63, 3.8) is 0 Å². The van der Waals surface area contributed by atoms with Gasteiger partial charge in [0.1, 0.15) is 0 Å². The first kappa shape index (κ1) is 59.1. The fourth-order valence-corrected chi connectivity index (χ4v) is 19.1. The zero-order valence-electron chi connectivity index (χ0n) is 58.6. The molecule has 0 fully saturated rings. The summed E-state index contributed by atoms with van der Waals surface area (Å²) in [5.74, 6) is 0. The van der Waals surface area contributed by atoms with Crippen LogP contribution in [0.4, 0.5) is 0 Å². The Kier molecular flexibility index (Phi) is 12.4. The van der Waals surface area contributed by atoms with Gasteiger partial charge in [0.25, 0.3) is 0 Å². The van der Waals surface area contributed by atoms with Crippen LogP contribution < -0.4 is 0 Å². The Morgan fingerprint density at radius 3 is 0.861 bits per heavy atom.